The number of nitrogens with zero attached hydrogens (tertiary/aromatic N) is 1. The largest absolute Gasteiger partial charge is 0.359 e. The topological polar surface area (TPSA) is 57.8 Å². The van der Waals surface area contributed by atoms with Crippen molar-refractivity contribution in [2.75, 3.05) is 5.32 Å². The van der Waals surface area contributed by atoms with Crippen LogP contribution in [0.3, 0.4) is 0 Å². The van der Waals surface area contributed by atoms with E-state index in [-0.39, 0.29) is 17.4 Å². The lowest BCUT2D eigenvalue weighted by Gasteiger charge is -2.15. The molecular formula is C12H11Cl2N3O. The second kappa shape index (κ2) is 5.42. The Morgan fingerprint density at radius 2 is 2.17 bits per heavy atom. The lowest BCUT2D eigenvalue weighted by molar-refractivity contribution is 0.867. The van der Waals surface area contributed by atoms with Gasteiger partial charge in [0, 0.05) is 22.4 Å². The molecule has 0 saturated carbocycles. The van der Waals surface area contributed by atoms with Gasteiger partial charge >= 0.3 is 0 Å². The highest BCUT2D eigenvalue weighted by Crippen LogP contribution is 2.27. The van der Waals surface area contributed by atoms with Gasteiger partial charge in [-0.05, 0) is 24.6 Å². The van der Waals surface area contributed by atoms with Gasteiger partial charge in [-0.2, -0.15) is 0 Å². The van der Waals surface area contributed by atoms with Gasteiger partial charge in [0.25, 0.3) is 5.56 Å². The molecule has 0 radical (unpaired) electrons. The van der Waals surface area contributed by atoms with Gasteiger partial charge in [-0.3, -0.25) is 4.79 Å². The van der Waals surface area contributed by atoms with Crippen LogP contribution in [0.1, 0.15) is 18.5 Å². The Kier molecular flexibility index (Phi) is 3.89. The predicted octanol–water partition coefficient (Wildman–Crippen LogP) is 3.25. The van der Waals surface area contributed by atoms with Crippen molar-refractivity contribution < 1.29 is 0 Å². The fourth-order valence-corrected chi connectivity index (χ4v) is 2.16. The summed E-state index contributed by atoms with van der Waals surface area (Å²) in [6.45, 7) is 1.89. The molecule has 0 bridgehead atoms. The molecule has 1 aromatic heterocycles. The summed E-state index contributed by atoms with van der Waals surface area (Å²) in [6.07, 6.45) is 2.99. The molecule has 4 nitrogen and oxygen atoms in total. The number of nitrogens with one attached hydrogen (secondary N) is 2. The number of anilines is 1. The molecule has 18 heavy (non-hydrogen) atoms. The molecule has 0 aliphatic carbocycles. The average molecular weight is 284 g/mol. The van der Waals surface area contributed by atoms with Crippen LogP contribution in [0.5, 0.6) is 0 Å². The van der Waals surface area contributed by atoms with Crippen molar-refractivity contribution in [2.24, 2.45) is 0 Å². The van der Waals surface area contributed by atoms with E-state index < -0.39 is 0 Å². The molecule has 0 amide bonds. The Morgan fingerprint density at radius 1 is 1.39 bits per heavy atom. The summed E-state index contributed by atoms with van der Waals surface area (Å²) >= 11 is 11.9. The highest BCUT2D eigenvalue weighted by atomic mass is 35.5. The summed E-state index contributed by atoms with van der Waals surface area (Å²) in [6, 6.07) is 5.09. The number of halogens is 2. The van der Waals surface area contributed by atoms with Crippen LogP contribution in [0.15, 0.2) is 35.4 Å². The van der Waals surface area contributed by atoms with E-state index in [1.165, 1.54) is 12.4 Å². The third-order valence-electron chi connectivity index (χ3n) is 2.49. The Morgan fingerprint density at radius 3 is 2.83 bits per heavy atom. The van der Waals surface area contributed by atoms with Crippen molar-refractivity contribution >= 4 is 29.0 Å². The predicted molar refractivity (Wildman–Crippen MR) is 73.4 cm³/mol. The normalized spacial score (nSPS) is 12.2. The quantitative estimate of drug-likeness (QED) is 0.909. The van der Waals surface area contributed by atoms with Crippen molar-refractivity contribution in [1.82, 2.24) is 9.97 Å². The molecule has 94 valence electrons. The fraction of sp³-hybridized carbons (Fsp3) is 0.167. The molecule has 2 rings (SSSR count). The van der Waals surface area contributed by atoms with Gasteiger partial charge in [0.1, 0.15) is 0 Å². The Labute approximate surface area is 114 Å². The minimum absolute atomic E-state index is 0.147. The third-order valence-corrected chi connectivity index (χ3v) is 3.05. The summed E-state index contributed by atoms with van der Waals surface area (Å²) in [5.41, 5.74) is 0.584. The molecule has 0 spiro atoms. The molecule has 6 heteroatoms. The Balaban J connectivity index is 2.25. The molecule has 2 N–H and O–H groups in total. The SMILES string of the molecule is CC(Nc1ncc[nH]c1=O)c1ccc(Cl)cc1Cl. The lowest BCUT2D eigenvalue weighted by Crippen LogP contribution is -2.18. The van der Waals surface area contributed by atoms with Gasteiger partial charge in [0.05, 0.1) is 6.04 Å². The summed E-state index contributed by atoms with van der Waals surface area (Å²) in [7, 11) is 0. The van der Waals surface area contributed by atoms with E-state index in [1.807, 2.05) is 13.0 Å². The highest BCUT2D eigenvalue weighted by Gasteiger charge is 2.11. The first-order valence-electron chi connectivity index (χ1n) is 5.33. The molecule has 1 atom stereocenters. The zero-order chi connectivity index (χ0) is 13.1. The molecule has 1 aromatic carbocycles. The van der Waals surface area contributed by atoms with Crippen LogP contribution in [0.4, 0.5) is 5.82 Å². The zero-order valence-corrected chi connectivity index (χ0v) is 11.1. The van der Waals surface area contributed by atoms with E-state index in [2.05, 4.69) is 15.3 Å². The number of rotatable bonds is 3. The third kappa shape index (κ3) is 2.83. The molecular weight excluding hydrogens is 273 g/mol. The van der Waals surface area contributed by atoms with E-state index in [1.54, 1.807) is 12.1 Å². The highest BCUT2D eigenvalue weighted by molar-refractivity contribution is 6.35. The Hall–Kier alpha value is -1.52. The number of hydrogen-bond acceptors (Lipinski definition) is 3. The summed E-state index contributed by atoms with van der Waals surface area (Å²) in [4.78, 5) is 18.0. The van der Waals surface area contributed by atoms with Gasteiger partial charge < -0.3 is 10.3 Å². The smallest absolute Gasteiger partial charge is 0.290 e. The van der Waals surface area contributed by atoms with Gasteiger partial charge in [-0.15, -0.1) is 0 Å². The molecule has 0 saturated heterocycles. The second-order valence-corrected chi connectivity index (χ2v) is 4.64. The maximum atomic E-state index is 11.5. The van der Waals surface area contributed by atoms with E-state index >= 15 is 0 Å². The van der Waals surface area contributed by atoms with Crippen LogP contribution in [-0.4, -0.2) is 9.97 Å². The van der Waals surface area contributed by atoms with E-state index in [4.69, 9.17) is 23.2 Å². The minimum atomic E-state index is -0.269. The summed E-state index contributed by atoms with van der Waals surface area (Å²) in [5, 5.41) is 4.13. The van der Waals surface area contributed by atoms with Crippen LogP contribution >= 0.6 is 23.2 Å². The van der Waals surface area contributed by atoms with Crippen LogP contribution in [0, 0.1) is 0 Å². The van der Waals surface area contributed by atoms with Crippen molar-refractivity contribution in [1.29, 1.82) is 0 Å². The van der Waals surface area contributed by atoms with Gasteiger partial charge in [0.2, 0.25) is 0 Å². The minimum Gasteiger partial charge on any atom is -0.359 e. The van der Waals surface area contributed by atoms with Gasteiger partial charge in [-0.1, -0.05) is 29.3 Å². The zero-order valence-electron chi connectivity index (χ0n) is 9.58. The monoisotopic (exact) mass is 283 g/mol. The van der Waals surface area contributed by atoms with Crippen LogP contribution in [0.25, 0.3) is 0 Å². The van der Waals surface area contributed by atoms with Gasteiger partial charge in [-0.25, -0.2) is 4.98 Å². The molecule has 0 aliphatic rings. The standard InChI is InChI=1S/C12H11Cl2N3O/c1-7(9-3-2-8(13)6-10(9)14)17-11-12(18)16-5-4-15-11/h2-7H,1H3,(H,15,17)(H,16,18). The fourth-order valence-electron chi connectivity index (χ4n) is 1.59. The summed E-state index contributed by atoms with van der Waals surface area (Å²) in [5.74, 6) is 0.260. The van der Waals surface area contributed by atoms with E-state index in [9.17, 15) is 4.79 Å². The maximum Gasteiger partial charge on any atom is 0.290 e. The number of H-pyrrole nitrogens is 1. The van der Waals surface area contributed by atoms with Crippen molar-refractivity contribution in [3.05, 3.63) is 56.6 Å². The first kappa shape index (κ1) is 12.9. The number of aromatic amines is 1. The number of benzene rings is 1. The number of aromatic nitrogens is 2. The molecule has 0 aliphatic heterocycles. The van der Waals surface area contributed by atoms with Crippen molar-refractivity contribution in [3.63, 3.8) is 0 Å². The molecule has 1 unspecified atom stereocenters. The van der Waals surface area contributed by atoms with E-state index in [0.717, 1.165) is 5.56 Å². The van der Waals surface area contributed by atoms with Gasteiger partial charge in [0.15, 0.2) is 5.82 Å². The average Bonchev–Trinajstić information content (AvgIpc) is 2.32. The first-order chi connectivity index (χ1) is 8.58. The number of hydrogen-bond donors (Lipinski definition) is 2. The molecule has 0 fully saturated rings. The first-order valence-corrected chi connectivity index (χ1v) is 6.08. The van der Waals surface area contributed by atoms with E-state index in [0.29, 0.717) is 10.0 Å². The lowest BCUT2D eigenvalue weighted by atomic mass is 10.1. The molecule has 2 aromatic rings. The van der Waals surface area contributed by atoms with Crippen LogP contribution in [0.2, 0.25) is 10.0 Å². The van der Waals surface area contributed by atoms with Crippen molar-refractivity contribution in [2.45, 2.75) is 13.0 Å². The second-order valence-electron chi connectivity index (χ2n) is 3.80. The molecule has 1 heterocycles. The van der Waals surface area contributed by atoms with Crippen LogP contribution < -0.4 is 10.9 Å². The Bertz CT molecular complexity index is 612. The summed E-state index contributed by atoms with van der Waals surface area (Å²) < 4.78 is 0. The maximum absolute atomic E-state index is 11.5. The van der Waals surface area contributed by atoms with Crippen molar-refractivity contribution in [3.8, 4) is 0 Å². The van der Waals surface area contributed by atoms with Crippen LogP contribution in [-0.2, 0) is 0 Å².